The summed E-state index contributed by atoms with van der Waals surface area (Å²) in [6.07, 6.45) is 3.80. The summed E-state index contributed by atoms with van der Waals surface area (Å²) in [5.41, 5.74) is -0.380. The van der Waals surface area contributed by atoms with E-state index in [1.807, 2.05) is 0 Å². The molecule has 2 unspecified atom stereocenters. The van der Waals surface area contributed by atoms with Gasteiger partial charge in [-0.25, -0.2) is 9.59 Å². The molecule has 0 amide bonds. The number of hydrogen-bond acceptors (Lipinski definition) is 5. The van der Waals surface area contributed by atoms with Crippen LogP contribution in [0.25, 0.3) is 0 Å². The van der Waals surface area contributed by atoms with E-state index in [1.54, 1.807) is 0 Å². The molecule has 3 rings (SSSR count). The van der Waals surface area contributed by atoms with Crippen molar-refractivity contribution in [2.24, 2.45) is 11.8 Å². The van der Waals surface area contributed by atoms with E-state index in [2.05, 4.69) is 4.74 Å². The van der Waals surface area contributed by atoms with Crippen LogP contribution in [-0.2, 0) is 14.3 Å². The van der Waals surface area contributed by atoms with Gasteiger partial charge in [0.05, 0.1) is 23.0 Å². The van der Waals surface area contributed by atoms with Crippen LogP contribution >= 0.6 is 0 Å². The molecule has 2 aliphatic rings. The first-order valence-electron chi connectivity index (χ1n) is 7.23. The van der Waals surface area contributed by atoms with Crippen LogP contribution in [0.5, 0.6) is 0 Å². The van der Waals surface area contributed by atoms with Crippen molar-refractivity contribution in [2.75, 3.05) is 0 Å². The molecule has 1 saturated carbocycles. The molecule has 0 bridgehead atoms. The van der Waals surface area contributed by atoms with Crippen LogP contribution in [0.2, 0.25) is 0 Å². The number of cyclic esters (lactones) is 2. The molecule has 0 radical (unpaired) electrons. The van der Waals surface area contributed by atoms with Crippen LogP contribution in [0.15, 0.2) is 24.3 Å². The molecule has 2 N–H and O–H groups in total. The van der Waals surface area contributed by atoms with Crippen molar-refractivity contribution in [3.63, 3.8) is 0 Å². The van der Waals surface area contributed by atoms with Crippen LogP contribution in [0.1, 0.15) is 46.4 Å². The third-order valence-electron chi connectivity index (χ3n) is 3.96. The number of benzene rings is 1. The molecule has 0 aromatic heterocycles. The number of esters is 2. The Morgan fingerprint density at radius 2 is 1.26 bits per heavy atom. The Kier molecular flexibility index (Phi) is 5.10. The summed E-state index contributed by atoms with van der Waals surface area (Å²) in [5, 5.41) is 17.1. The van der Waals surface area contributed by atoms with Gasteiger partial charge in [-0.2, -0.15) is 0 Å². The molecular formula is C16H16O7. The summed E-state index contributed by atoms with van der Waals surface area (Å²) in [6, 6.07) is 5.48. The van der Waals surface area contributed by atoms with Gasteiger partial charge in [0, 0.05) is 0 Å². The maximum Gasteiger partial charge on any atom is 0.336 e. The Bertz CT molecular complexity index is 595. The van der Waals surface area contributed by atoms with E-state index in [4.69, 9.17) is 10.2 Å². The predicted molar refractivity (Wildman–Crippen MR) is 76.9 cm³/mol. The van der Waals surface area contributed by atoms with Gasteiger partial charge in [0.1, 0.15) is 0 Å². The van der Waals surface area contributed by atoms with Gasteiger partial charge in [0.15, 0.2) is 0 Å². The average Bonchev–Trinajstić information content (AvgIpc) is 2.83. The fourth-order valence-corrected chi connectivity index (χ4v) is 2.80. The second-order valence-corrected chi connectivity index (χ2v) is 5.39. The summed E-state index contributed by atoms with van der Waals surface area (Å²) >= 11 is 0. The number of aromatic carboxylic acids is 2. The van der Waals surface area contributed by atoms with Crippen LogP contribution in [0.4, 0.5) is 0 Å². The highest BCUT2D eigenvalue weighted by atomic mass is 16.6. The average molecular weight is 320 g/mol. The number of hydrogen-bond donors (Lipinski definition) is 2. The van der Waals surface area contributed by atoms with E-state index in [0.29, 0.717) is 0 Å². The Hall–Kier alpha value is -2.70. The Morgan fingerprint density at radius 1 is 0.870 bits per heavy atom. The lowest BCUT2D eigenvalue weighted by Crippen LogP contribution is -2.21. The van der Waals surface area contributed by atoms with Crippen LogP contribution < -0.4 is 0 Å². The van der Waals surface area contributed by atoms with Crippen molar-refractivity contribution in [1.82, 2.24) is 0 Å². The molecule has 1 aliphatic heterocycles. The Balaban J connectivity index is 0.000000167. The van der Waals surface area contributed by atoms with Gasteiger partial charge >= 0.3 is 23.9 Å². The fourth-order valence-electron chi connectivity index (χ4n) is 2.80. The highest BCUT2D eigenvalue weighted by Crippen LogP contribution is 2.36. The molecule has 0 spiro atoms. The smallest absolute Gasteiger partial charge is 0.336 e. The van der Waals surface area contributed by atoms with Crippen LogP contribution in [-0.4, -0.2) is 34.1 Å². The lowest BCUT2D eigenvalue weighted by Gasteiger charge is -2.18. The van der Waals surface area contributed by atoms with E-state index in [9.17, 15) is 19.2 Å². The monoisotopic (exact) mass is 320 g/mol. The van der Waals surface area contributed by atoms with Crippen molar-refractivity contribution in [1.29, 1.82) is 0 Å². The van der Waals surface area contributed by atoms with Gasteiger partial charge in [0.2, 0.25) is 0 Å². The van der Waals surface area contributed by atoms with Gasteiger partial charge in [-0.05, 0) is 25.0 Å². The third-order valence-corrected chi connectivity index (χ3v) is 3.96. The molecule has 2 fully saturated rings. The summed E-state index contributed by atoms with van der Waals surface area (Å²) in [6.45, 7) is 0. The largest absolute Gasteiger partial charge is 0.478 e. The van der Waals surface area contributed by atoms with Crippen molar-refractivity contribution >= 4 is 23.9 Å². The number of ether oxygens (including phenoxy) is 1. The zero-order valence-corrected chi connectivity index (χ0v) is 12.2. The van der Waals surface area contributed by atoms with Gasteiger partial charge in [-0.15, -0.1) is 0 Å². The molecule has 1 saturated heterocycles. The number of fused-ring (bicyclic) bond motifs is 1. The number of carbonyl (C=O) groups excluding carboxylic acids is 2. The zero-order chi connectivity index (χ0) is 17.0. The van der Waals surface area contributed by atoms with E-state index in [0.717, 1.165) is 25.7 Å². The minimum Gasteiger partial charge on any atom is -0.478 e. The Morgan fingerprint density at radius 3 is 1.61 bits per heavy atom. The second-order valence-electron chi connectivity index (χ2n) is 5.39. The molecular weight excluding hydrogens is 304 g/mol. The third kappa shape index (κ3) is 3.74. The molecule has 2 atom stereocenters. The summed E-state index contributed by atoms with van der Waals surface area (Å²) in [7, 11) is 0. The van der Waals surface area contributed by atoms with Crippen molar-refractivity contribution in [3.05, 3.63) is 35.4 Å². The SMILES string of the molecule is O=C(O)c1ccccc1C(=O)O.O=C1OC(=O)C2CCCCC12. The van der Waals surface area contributed by atoms with Gasteiger partial charge < -0.3 is 14.9 Å². The molecule has 23 heavy (non-hydrogen) atoms. The first-order valence-corrected chi connectivity index (χ1v) is 7.23. The summed E-state index contributed by atoms with van der Waals surface area (Å²) in [5.74, 6) is -3.24. The van der Waals surface area contributed by atoms with Gasteiger partial charge in [-0.3, -0.25) is 9.59 Å². The molecule has 7 nitrogen and oxygen atoms in total. The van der Waals surface area contributed by atoms with Crippen LogP contribution in [0, 0.1) is 11.8 Å². The lowest BCUT2D eigenvalue weighted by molar-refractivity contribution is -0.153. The van der Waals surface area contributed by atoms with E-state index in [1.165, 1.54) is 24.3 Å². The molecule has 7 heteroatoms. The number of carboxylic acids is 2. The Labute approximate surface area is 131 Å². The first kappa shape index (κ1) is 16.7. The van der Waals surface area contributed by atoms with Crippen molar-refractivity contribution in [3.8, 4) is 0 Å². The molecule has 122 valence electrons. The molecule has 1 aliphatic carbocycles. The summed E-state index contributed by atoms with van der Waals surface area (Å²) < 4.78 is 4.53. The van der Waals surface area contributed by atoms with E-state index < -0.39 is 11.9 Å². The minimum atomic E-state index is -1.23. The molecule has 1 aromatic carbocycles. The fraction of sp³-hybridized carbons (Fsp3) is 0.375. The predicted octanol–water partition coefficient (Wildman–Crippen LogP) is 1.96. The number of carboxylic acid groups (broad SMARTS) is 2. The standard InChI is InChI=1S/C8H6O4.C8H10O3/c9-7(10)5-3-1-2-4-6(5)8(11)12;9-7-5-3-1-2-4-6(5)8(10)11-7/h1-4H,(H,9,10)(H,11,12);5-6H,1-4H2. The van der Waals surface area contributed by atoms with E-state index >= 15 is 0 Å². The quantitative estimate of drug-likeness (QED) is 0.631. The molecule has 1 heterocycles. The molecule has 1 aromatic rings. The zero-order valence-electron chi connectivity index (χ0n) is 12.2. The number of carbonyl (C=O) groups is 4. The van der Waals surface area contributed by atoms with Gasteiger partial charge in [-0.1, -0.05) is 25.0 Å². The lowest BCUT2D eigenvalue weighted by atomic mass is 9.81. The highest BCUT2D eigenvalue weighted by molar-refractivity contribution is 6.01. The van der Waals surface area contributed by atoms with E-state index in [-0.39, 0.29) is 34.9 Å². The number of rotatable bonds is 2. The van der Waals surface area contributed by atoms with Gasteiger partial charge in [0.25, 0.3) is 0 Å². The maximum absolute atomic E-state index is 11.0. The first-order chi connectivity index (χ1) is 10.9. The normalized spacial score (nSPS) is 22.4. The second kappa shape index (κ2) is 7.04. The van der Waals surface area contributed by atoms with Crippen molar-refractivity contribution < 1.29 is 34.1 Å². The minimum absolute atomic E-state index is 0.101. The van der Waals surface area contributed by atoms with Crippen LogP contribution in [0.3, 0.4) is 0 Å². The topological polar surface area (TPSA) is 118 Å². The van der Waals surface area contributed by atoms with Crippen molar-refractivity contribution in [2.45, 2.75) is 25.7 Å². The maximum atomic E-state index is 11.0. The highest BCUT2D eigenvalue weighted by Gasteiger charge is 2.44. The summed E-state index contributed by atoms with van der Waals surface area (Å²) in [4.78, 5) is 42.9.